The molecule has 1 aliphatic heterocycles. The topological polar surface area (TPSA) is 55.6 Å². The summed E-state index contributed by atoms with van der Waals surface area (Å²) in [6.45, 7) is 9.18. The zero-order valence-electron chi connectivity index (χ0n) is 12.5. The molecule has 19 heavy (non-hydrogen) atoms. The number of esters is 1. The van der Waals surface area contributed by atoms with Gasteiger partial charge in [0.2, 0.25) is 0 Å². The molecule has 0 aromatic carbocycles. The molecular formula is C15H28N2O2. The van der Waals surface area contributed by atoms with Crippen LogP contribution in [-0.4, -0.2) is 42.1 Å². The fourth-order valence-corrected chi connectivity index (χ4v) is 3.83. The van der Waals surface area contributed by atoms with Crippen LogP contribution in [0.2, 0.25) is 0 Å². The summed E-state index contributed by atoms with van der Waals surface area (Å²) in [7, 11) is 0. The Kier molecular flexibility index (Phi) is 4.51. The lowest BCUT2D eigenvalue weighted by molar-refractivity contribution is -0.149. The van der Waals surface area contributed by atoms with Crippen molar-refractivity contribution in [3.63, 3.8) is 0 Å². The lowest BCUT2D eigenvalue weighted by atomic mass is 9.90. The van der Waals surface area contributed by atoms with Gasteiger partial charge in [0.15, 0.2) is 0 Å². The minimum atomic E-state index is -0.745. The van der Waals surface area contributed by atoms with Crippen molar-refractivity contribution in [2.45, 2.75) is 58.0 Å². The number of piperidine rings is 1. The molecule has 2 N–H and O–H groups in total. The highest BCUT2D eigenvalue weighted by molar-refractivity contribution is 5.81. The summed E-state index contributed by atoms with van der Waals surface area (Å²) in [6.07, 6.45) is 3.85. The monoisotopic (exact) mass is 268 g/mol. The minimum absolute atomic E-state index is 0.212. The van der Waals surface area contributed by atoms with E-state index >= 15 is 0 Å². The number of hydrogen-bond acceptors (Lipinski definition) is 4. The summed E-state index contributed by atoms with van der Waals surface area (Å²) in [4.78, 5) is 14.5. The van der Waals surface area contributed by atoms with Gasteiger partial charge in [-0.25, -0.2) is 0 Å². The minimum Gasteiger partial charge on any atom is -0.465 e. The molecule has 1 heterocycles. The first-order valence-electron chi connectivity index (χ1n) is 7.64. The molecule has 0 bridgehead atoms. The summed E-state index contributed by atoms with van der Waals surface area (Å²) in [6, 6.07) is 0.458. The number of rotatable bonds is 3. The molecule has 2 aliphatic rings. The first kappa shape index (κ1) is 14.8. The van der Waals surface area contributed by atoms with Gasteiger partial charge >= 0.3 is 5.97 Å². The van der Waals surface area contributed by atoms with Gasteiger partial charge in [-0.05, 0) is 44.4 Å². The molecule has 0 aromatic heterocycles. The number of ether oxygens (including phenoxy) is 1. The van der Waals surface area contributed by atoms with Crippen molar-refractivity contribution in [3.05, 3.63) is 0 Å². The van der Waals surface area contributed by atoms with Gasteiger partial charge in [0.25, 0.3) is 0 Å². The van der Waals surface area contributed by atoms with Crippen molar-refractivity contribution in [1.82, 2.24) is 4.90 Å². The normalized spacial score (nSPS) is 40.3. The van der Waals surface area contributed by atoms with Crippen LogP contribution in [0.4, 0.5) is 0 Å². The maximum absolute atomic E-state index is 12.0. The van der Waals surface area contributed by atoms with Gasteiger partial charge in [-0.2, -0.15) is 0 Å². The Labute approximate surface area is 116 Å². The van der Waals surface area contributed by atoms with Crippen molar-refractivity contribution in [3.8, 4) is 0 Å². The van der Waals surface area contributed by atoms with Crippen LogP contribution in [0.3, 0.4) is 0 Å². The SMILES string of the molecule is CCOC(=O)C1(N)CCC(N2CC(C)CC(C)C2)C1. The molecule has 0 aromatic rings. The molecule has 4 nitrogen and oxygen atoms in total. The van der Waals surface area contributed by atoms with Gasteiger partial charge < -0.3 is 10.5 Å². The third-order valence-electron chi connectivity index (χ3n) is 4.62. The van der Waals surface area contributed by atoms with Crippen molar-refractivity contribution in [2.75, 3.05) is 19.7 Å². The molecule has 4 heteroatoms. The number of hydrogen-bond donors (Lipinski definition) is 1. The van der Waals surface area contributed by atoms with Crippen LogP contribution in [0.1, 0.15) is 46.5 Å². The number of nitrogens with zero attached hydrogens (tertiary/aromatic N) is 1. The summed E-state index contributed by atoms with van der Waals surface area (Å²) in [5, 5.41) is 0. The van der Waals surface area contributed by atoms with Gasteiger partial charge in [-0.1, -0.05) is 13.8 Å². The van der Waals surface area contributed by atoms with Gasteiger partial charge in [0.1, 0.15) is 5.54 Å². The summed E-state index contributed by atoms with van der Waals surface area (Å²) < 4.78 is 5.12. The van der Waals surface area contributed by atoms with E-state index in [1.54, 1.807) is 0 Å². The van der Waals surface area contributed by atoms with Crippen LogP contribution in [0, 0.1) is 11.8 Å². The van der Waals surface area contributed by atoms with E-state index in [0.29, 0.717) is 12.6 Å². The van der Waals surface area contributed by atoms with E-state index in [2.05, 4.69) is 18.7 Å². The van der Waals surface area contributed by atoms with E-state index in [4.69, 9.17) is 10.5 Å². The molecule has 1 saturated carbocycles. The molecule has 0 spiro atoms. The maximum Gasteiger partial charge on any atom is 0.326 e. The number of carbonyl (C=O) groups excluding carboxylic acids is 1. The molecule has 110 valence electrons. The van der Waals surface area contributed by atoms with Crippen LogP contribution < -0.4 is 5.73 Å². The Morgan fingerprint density at radius 1 is 1.37 bits per heavy atom. The Balaban J connectivity index is 1.95. The van der Waals surface area contributed by atoms with Crippen LogP contribution in [-0.2, 0) is 9.53 Å². The van der Waals surface area contributed by atoms with E-state index in [0.717, 1.165) is 44.2 Å². The molecule has 2 fully saturated rings. The van der Waals surface area contributed by atoms with E-state index in [9.17, 15) is 4.79 Å². The van der Waals surface area contributed by atoms with Crippen molar-refractivity contribution < 1.29 is 9.53 Å². The zero-order valence-corrected chi connectivity index (χ0v) is 12.5. The van der Waals surface area contributed by atoms with Crippen LogP contribution in [0.15, 0.2) is 0 Å². The van der Waals surface area contributed by atoms with Gasteiger partial charge in [-0.15, -0.1) is 0 Å². The van der Waals surface area contributed by atoms with Gasteiger partial charge in [-0.3, -0.25) is 9.69 Å². The number of carbonyl (C=O) groups is 1. The largest absolute Gasteiger partial charge is 0.465 e. The van der Waals surface area contributed by atoms with E-state index in [1.165, 1.54) is 6.42 Å². The molecule has 2 rings (SSSR count). The molecule has 1 saturated heterocycles. The lowest BCUT2D eigenvalue weighted by Gasteiger charge is -2.39. The number of likely N-dealkylation sites (tertiary alicyclic amines) is 1. The highest BCUT2D eigenvalue weighted by Crippen LogP contribution is 2.35. The molecule has 0 amide bonds. The fraction of sp³-hybridized carbons (Fsp3) is 0.933. The smallest absolute Gasteiger partial charge is 0.326 e. The Bertz CT molecular complexity index is 324. The zero-order chi connectivity index (χ0) is 14.0. The van der Waals surface area contributed by atoms with Crippen LogP contribution in [0.5, 0.6) is 0 Å². The molecule has 0 radical (unpaired) electrons. The van der Waals surface area contributed by atoms with Crippen molar-refractivity contribution in [2.24, 2.45) is 17.6 Å². The third-order valence-corrected chi connectivity index (χ3v) is 4.62. The highest BCUT2D eigenvalue weighted by Gasteiger charge is 2.45. The predicted molar refractivity (Wildman–Crippen MR) is 75.7 cm³/mol. The molecule has 1 aliphatic carbocycles. The average Bonchev–Trinajstić information content (AvgIpc) is 2.72. The molecule has 4 unspecified atom stereocenters. The average molecular weight is 268 g/mol. The summed E-state index contributed by atoms with van der Waals surface area (Å²) >= 11 is 0. The first-order valence-corrected chi connectivity index (χ1v) is 7.64. The predicted octanol–water partition coefficient (Wildman–Crippen LogP) is 1.78. The van der Waals surface area contributed by atoms with Crippen LogP contribution >= 0.6 is 0 Å². The van der Waals surface area contributed by atoms with Crippen molar-refractivity contribution >= 4 is 5.97 Å². The highest BCUT2D eigenvalue weighted by atomic mass is 16.5. The Hall–Kier alpha value is -0.610. The van der Waals surface area contributed by atoms with Gasteiger partial charge in [0, 0.05) is 19.1 Å². The second kappa shape index (κ2) is 5.80. The molecular weight excluding hydrogens is 240 g/mol. The quantitative estimate of drug-likeness (QED) is 0.793. The van der Waals surface area contributed by atoms with E-state index in [-0.39, 0.29) is 5.97 Å². The Morgan fingerprint density at radius 2 is 2.00 bits per heavy atom. The third kappa shape index (κ3) is 3.29. The molecule has 4 atom stereocenters. The summed E-state index contributed by atoms with van der Waals surface area (Å²) in [5.41, 5.74) is 5.51. The second-order valence-corrected chi connectivity index (χ2v) is 6.67. The fourth-order valence-electron chi connectivity index (χ4n) is 3.83. The van der Waals surface area contributed by atoms with E-state index in [1.807, 2.05) is 6.92 Å². The lowest BCUT2D eigenvalue weighted by Crippen LogP contribution is -2.50. The standard InChI is InChI=1S/C15H28N2O2/c1-4-19-14(18)15(16)6-5-13(8-15)17-9-11(2)7-12(3)10-17/h11-13H,4-10,16H2,1-3H3. The van der Waals surface area contributed by atoms with Gasteiger partial charge in [0.05, 0.1) is 6.61 Å². The van der Waals surface area contributed by atoms with Crippen molar-refractivity contribution in [1.29, 1.82) is 0 Å². The maximum atomic E-state index is 12.0. The number of nitrogens with two attached hydrogens (primary N) is 1. The van der Waals surface area contributed by atoms with E-state index < -0.39 is 5.54 Å². The summed E-state index contributed by atoms with van der Waals surface area (Å²) in [5.74, 6) is 1.29. The Morgan fingerprint density at radius 3 is 2.58 bits per heavy atom. The van der Waals surface area contributed by atoms with Crippen LogP contribution in [0.25, 0.3) is 0 Å². The second-order valence-electron chi connectivity index (χ2n) is 6.67. The first-order chi connectivity index (χ1) is 8.94.